The summed E-state index contributed by atoms with van der Waals surface area (Å²) < 4.78 is 5.61. The quantitative estimate of drug-likeness (QED) is 0.828. The van der Waals surface area contributed by atoms with Crippen molar-refractivity contribution in [3.8, 4) is 0 Å². The van der Waals surface area contributed by atoms with Gasteiger partial charge in [-0.3, -0.25) is 0 Å². The van der Waals surface area contributed by atoms with Gasteiger partial charge in [0.2, 0.25) is 0 Å². The van der Waals surface area contributed by atoms with Crippen molar-refractivity contribution in [1.29, 1.82) is 0 Å². The number of methoxy groups -OCH3 is 1. The highest BCUT2D eigenvalue weighted by Gasteiger charge is 2.31. The highest BCUT2D eigenvalue weighted by atomic mass is 16.5. The van der Waals surface area contributed by atoms with E-state index in [4.69, 9.17) is 10.5 Å². The molecule has 0 aromatic carbocycles. The summed E-state index contributed by atoms with van der Waals surface area (Å²) in [7, 11) is 1.71. The van der Waals surface area contributed by atoms with Gasteiger partial charge in [-0.25, -0.2) is 9.97 Å². The Bertz CT molecular complexity index is 340. The number of aromatic nitrogens is 2. The lowest BCUT2D eigenvalue weighted by molar-refractivity contribution is -0.0294. The Hall–Kier alpha value is -1.00. The van der Waals surface area contributed by atoms with E-state index < -0.39 is 0 Å². The van der Waals surface area contributed by atoms with Crippen LogP contribution >= 0.6 is 0 Å². The highest BCUT2D eigenvalue weighted by molar-refractivity contribution is 5.14. The van der Waals surface area contributed by atoms with Crippen LogP contribution in [0.25, 0.3) is 0 Å². The normalized spacial score (nSPS) is 11.8. The van der Waals surface area contributed by atoms with Crippen LogP contribution in [0.2, 0.25) is 0 Å². The first-order chi connectivity index (χ1) is 7.61. The van der Waals surface area contributed by atoms with Gasteiger partial charge in [-0.2, -0.15) is 0 Å². The van der Waals surface area contributed by atoms with E-state index in [2.05, 4.69) is 23.8 Å². The van der Waals surface area contributed by atoms with Gasteiger partial charge in [-0.1, -0.05) is 13.8 Å². The predicted octanol–water partition coefficient (Wildman–Crippen LogP) is 1.91. The van der Waals surface area contributed by atoms with Crippen molar-refractivity contribution in [2.75, 3.05) is 7.11 Å². The minimum atomic E-state index is -0.379. The Labute approximate surface area is 97.2 Å². The summed E-state index contributed by atoms with van der Waals surface area (Å²) in [5, 5.41) is 0. The maximum Gasteiger partial charge on any atom is 0.160 e. The Balaban J connectivity index is 3.23. The number of nitrogens with zero attached hydrogens (tertiary/aromatic N) is 2. The molecule has 0 fully saturated rings. The second-order valence-corrected chi connectivity index (χ2v) is 3.93. The summed E-state index contributed by atoms with van der Waals surface area (Å²) in [4.78, 5) is 8.95. The largest absolute Gasteiger partial charge is 0.370 e. The van der Waals surface area contributed by atoms with Gasteiger partial charge in [0.05, 0.1) is 5.69 Å². The predicted molar refractivity (Wildman–Crippen MR) is 63.9 cm³/mol. The van der Waals surface area contributed by atoms with Gasteiger partial charge in [-0.15, -0.1) is 0 Å². The summed E-state index contributed by atoms with van der Waals surface area (Å²) >= 11 is 0. The van der Waals surface area contributed by atoms with Gasteiger partial charge in [0.25, 0.3) is 0 Å². The molecule has 4 nitrogen and oxygen atoms in total. The van der Waals surface area contributed by atoms with Crippen molar-refractivity contribution in [3.05, 3.63) is 23.3 Å². The number of aryl methyl sites for hydroxylation is 1. The number of hydrogen-bond donors (Lipinski definition) is 1. The average molecular weight is 223 g/mol. The van der Waals surface area contributed by atoms with Crippen molar-refractivity contribution in [1.82, 2.24) is 9.97 Å². The monoisotopic (exact) mass is 223 g/mol. The zero-order valence-corrected chi connectivity index (χ0v) is 10.6. The van der Waals surface area contributed by atoms with Gasteiger partial charge in [0.1, 0.15) is 5.60 Å². The molecule has 0 spiro atoms. The van der Waals surface area contributed by atoms with E-state index in [1.54, 1.807) is 7.11 Å². The van der Waals surface area contributed by atoms with Gasteiger partial charge in [0.15, 0.2) is 5.82 Å². The number of nitrogens with two attached hydrogens (primary N) is 1. The molecular weight excluding hydrogens is 202 g/mol. The SMILES string of the molecule is CCC(CC)(OC)c1nc(C)cc(CN)n1. The Kier molecular flexibility index (Phi) is 4.38. The van der Waals surface area contributed by atoms with Gasteiger partial charge in [-0.05, 0) is 25.8 Å². The fraction of sp³-hybridized carbons (Fsp3) is 0.667. The number of hydrogen-bond acceptors (Lipinski definition) is 4. The first-order valence-electron chi connectivity index (χ1n) is 5.72. The second-order valence-electron chi connectivity index (χ2n) is 3.93. The third kappa shape index (κ3) is 2.39. The first kappa shape index (κ1) is 13.1. The third-order valence-electron chi connectivity index (χ3n) is 3.06. The molecule has 1 aromatic rings. The van der Waals surface area contributed by atoms with Crippen LogP contribution in [0.3, 0.4) is 0 Å². The zero-order valence-electron chi connectivity index (χ0n) is 10.6. The van der Waals surface area contributed by atoms with Crippen molar-refractivity contribution in [2.24, 2.45) is 5.73 Å². The molecule has 0 aliphatic heterocycles. The molecule has 1 heterocycles. The molecule has 0 saturated carbocycles. The van der Waals surface area contributed by atoms with E-state index in [9.17, 15) is 0 Å². The molecule has 1 aromatic heterocycles. The third-order valence-corrected chi connectivity index (χ3v) is 3.06. The van der Waals surface area contributed by atoms with E-state index in [1.165, 1.54) is 0 Å². The molecule has 0 aliphatic carbocycles. The van der Waals surface area contributed by atoms with Crippen molar-refractivity contribution in [2.45, 2.75) is 45.8 Å². The topological polar surface area (TPSA) is 61.0 Å². The summed E-state index contributed by atoms with van der Waals surface area (Å²) in [6.45, 7) is 6.56. The Morgan fingerprint density at radius 1 is 1.31 bits per heavy atom. The fourth-order valence-corrected chi connectivity index (χ4v) is 1.89. The Morgan fingerprint density at radius 2 is 1.94 bits per heavy atom. The van der Waals surface area contributed by atoms with E-state index in [-0.39, 0.29) is 5.60 Å². The number of rotatable bonds is 5. The highest BCUT2D eigenvalue weighted by Crippen LogP contribution is 2.29. The van der Waals surface area contributed by atoms with Crippen LogP contribution in [0.15, 0.2) is 6.07 Å². The lowest BCUT2D eigenvalue weighted by atomic mass is 9.95. The molecule has 2 N–H and O–H groups in total. The number of ether oxygens (including phenoxy) is 1. The summed E-state index contributed by atoms with van der Waals surface area (Å²) in [6.07, 6.45) is 1.71. The Morgan fingerprint density at radius 3 is 2.38 bits per heavy atom. The summed E-state index contributed by atoms with van der Waals surface area (Å²) in [5.41, 5.74) is 7.05. The molecule has 90 valence electrons. The molecule has 0 unspecified atom stereocenters. The van der Waals surface area contributed by atoms with Crippen molar-refractivity contribution in [3.63, 3.8) is 0 Å². The van der Waals surface area contributed by atoms with E-state index in [0.29, 0.717) is 6.54 Å². The average Bonchev–Trinajstić information content (AvgIpc) is 2.31. The maximum atomic E-state index is 5.62. The van der Waals surface area contributed by atoms with E-state index in [1.807, 2.05) is 13.0 Å². The van der Waals surface area contributed by atoms with Crippen LogP contribution < -0.4 is 5.73 Å². The van der Waals surface area contributed by atoms with E-state index >= 15 is 0 Å². The second kappa shape index (κ2) is 5.37. The lowest BCUT2D eigenvalue weighted by Crippen LogP contribution is -2.30. The van der Waals surface area contributed by atoms with Crippen molar-refractivity contribution < 1.29 is 4.74 Å². The first-order valence-corrected chi connectivity index (χ1v) is 5.72. The molecular formula is C12H21N3O. The van der Waals surface area contributed by atoms with Gasteiger partial charge >= 0.3 is 0 Å². The smallest absolute Gasteiger partial charge is 0.160 e. The molecule has 0 bridgehead atoms. The lowest BCUT2D eigenvalue weighted by Gasteiger charge is -2.28. The molecule has 4 heteroatoms. The zero-order chi connectivity index (χ0) is 12.2. The van der Waals surface area contributed by atoms with Gasteiger partial charge in [0, 0.05) is 19.3 Å². The minimum absolute atomic E-state index is 0.379. The molecule has 0 radical (unpaired) electrons. The van der Waals surface area contributed by atoms with Crippen LogP contribution in [0.1, 0.15) is 43.9 Å². The molecule has 0 saturated heterocycles. The fourth-order valence-electron chi connectivity index (χ4n) is 1.89. The molecule has 0 atom stereocenters. The molecule has 0 aliphatic rings. The van der Waals surface area contributed by atoms with E-state index in [0.717, 1.165) is 30.1 Å². The summed E-state index contributed by atoms with van der Waals surface area (Å²) in [6, 6.07) is 1.91. The van der Waals surface area contributed by atoms with Crippen LogP contribution in [-0.2, 0) is 16.9 Å². The minimum Gasteiger partial charge on any atom is -0.370 e. The van der Waals surface area contributed by atoms with Crippen LogP contribution in [-0.4, -0.2) is 17.1 Å². The maximum absolute atomic E-state index is 5.62. The van der Waals surface area contributed by atoms with Gasteiger partial charge < -0.3 is 10.5 Å². The van der Waals surface area contributed by atoms with Crippen LogP contribution in [0, 0.1) is 6.92 Å². The van der Waals surface area contributed by atoms with Crippen molar-refractivity contribution >= 4 is 0 Å². The molecule has 0 amide bonds. The molecule has 1 rings (SSSR count). The standard InChI is InChI=1S/C12H21N3O/c1-5-12(6-2,16-4)11-14-9(3)7-10(8-13)15-11/h7H,5-6,8,13H2,1-4H3. The molecule has 16 heavy (non-hydrogen) atoms. The van der Waals surface area contributed by atoms with Crippen LogP contribution in [0.4, 0.5) is 0 Å². The summed E-state index contributed by atoms with van der Waals surface area (Å²) in [5.74, 6) is 0.750. The van der Waals surface area contributed by atoms with Crippen LogP contribution in [0.5, 0.6) is 0 Å².